The predicted octanol–water partition coefficient (Wildman–Crippen LogP) is 1.65. The maximum Gasteiger partial charge on any atom is 0.244 e. The second-order valence-corrected chi connectivity index (χ2v) is 6.49. The molecule has 0 heterocycles. The van der Waals surface area contributed by atoms with Gasteiger partial charge in [0.25, 0.3) is 0 Å². The molecule has 0 fully saturated rings. The first-order valence-electron chi connectivity index (χ1n) is 5.15. The van der Waals surface area contributed by atoms with Gasteiger partial charge in [-0.05, 0) is 31.5 Å². The molecule has 1 atom stereocenters. The molecule has 1 unspecified atom stereocenters. The van der Waals surface area contributed by atoms with Gasteiger partial charge in [0.15, 0.2) is 0 Å². The Kier molecular flexibility index (Phi) is 4.55. The second kappa shape index (κ2) is 5.35. The monoisotopic (exact) mass is 277 g/mol. The fourth-order valence-electron chi connectivity index (χ4n) is 1.45. The van der Waals surface area contributed by atoms with Gasteiger partial charge in [-0.1, -0.05) is 17.7 Å². The summed E-state index contributed by atoms with van der Waals surface area (Å²) in [5.74, 6) is 0. The molecule has 0 saturated carbocycles. The molecule has 96 valence electrons. The van der Waals surface area contributed by atoms with Crippen molar-refractivity contribution in [1.82, 2.24) is 4.31 Å². The topological polar surface area (TPSA) is 57.6 Å². The zero-order valence-corrected chi connectivity index (χ0v) is 11.6. The molecule has 1 aromatic carbocycles. The van der Waals surface area contributed by atoms with Gasteiger partial charge in [-0.3, -0.25) is 0 Å². The summed E-state index contributed by atoms with van der Waals surface area (Å²) in [6, 6.07) is 4.77. The van der Waals surface area contributed by atoms with Crippen LogP contribution in [-0.4, -0.2) is 37.5 Å². The van der Waals surface area contributed by atoms with E-state index in [1.807, 2.05) is 6.92 Å². The first kappa shape index (κ1) is 14.4. The lowest BCUT2D eigenvalue weighted by molar-refractivity contribution is 0.171. The molecule has 4 nitrogen and oxygen atoms in total. The third kappa shape index (κ3) is 3.42. The predicted molar refractivity (Wildman–Crippen MR) is 67.7 cm³/mol. The van der Waals surface area contributed by atoms with Crippen LogP contribution in [0.15, 0.2) is 23.1 Å². The number of aliphatic hydroxyl groups excluding tert-OH is 1. The lowest BCUT2D eigenvalue weighted by Crippen LogP contribution is -2.33. The van der Waals surface area contributed by atoms with Gasteiger partial charge >= 0.3 is 0 Å². The highest BCUT2D eigenvalue weighted by molar-refractivity contribution is 7.89. The van der Waals surface area contributed by atoms with Crippen LogP contribution in [0, 0.1) is 6.92 Å². The molecule has 1 N–H and O–H groups in total. The average molecular weight is 278 g/mol. The van der Waals surface area contributed by atoms with E-state index < -0.39 is 16.1 Å². The van der Waals surface area contributed by atoms with Crippen molar-refractivity contribution in [2.75, 3.05) is 13.6 Å². The molecule has 0 radical (unpaired) electrons. The van der Waals surface area contributed by atoms with Crippen LogP contribution in [0.4, 0.5) is 0 Å². The SMILES string of the molecule is Cc1ccc(S(=O)(=O)N(C)CC(C)O)c(Cl)c1. The van der Waals surface area contributed by atoms with Crippen LogP contribution in [-0.2, 0) is 10.0 Å². The minimum absolute atomic E-state index is 0.0343. The Balaban J connectivity index is 3.13. The Morgan fingerprint density at radius 3 is 2.53 bits per heavy atom. The molecular formula is C11H16ClNO3S. The van der Waals surface area contributed by atoms with E-state index in [2.05, 4.69) is 0 Å². The smallest absolute Gasteiger partial charge is 0.244 e. The summed E-state index contributed by atoms with van der Waals surface area (Å²) in [7, 11) is -2.23. The molecular weight excluding hydrogens is 262 g/mol. The minimum Gasteiger partial charge on any atom is -0.392 e. The summed E-state index contributed by atoms with van der Waals surface area (Å²) < 4.78 is 25.4. The normalized spacial score (nSPS) is 14.0. The molecule has 0 bridgehead atoms. The van der Waals surface area contributed by atoms with Crippen molar-refractivity contribution in [3.63, 3.8) is 0 Å². The van der Waals surface area contributed by atoms with Crippen LogP contribution in [0.3, 0.4) is 0 Å². The van der Waals surface area contributed by atoms with Crippen molar-refractivity contribution in [1.29, 1.82) is 0 Å². The Bertz CT molecular complexity index is 499. The molecule has 0 amide bonds. The molecule has 1 aromatic rings. The van der Waals surface area contributed by atoms with Crippen molar-refractivity contribution in [3.05, 3.63) is 28.8 Å². The van der Waals surface area contributed by atoms with Gasteiger partial charge in [-0.15, -0.1) is 0 Å². The quantitative estimate of drug-likeness (QED) is 0.910. The van der Waals surface area contributed by atoms with Crippen LogP contribution < -0.4 is 0 Å². The zero-order valence-electron chi connectivity index (χ0n) is 10.0. The van der Waals surface area contributed by atoms with Gasteiger partial charge in [0.05, 0.1) is 11.1 Å². The van der Waals surface area contributed by atoms with E-state index in [1.165, 1.54) is 20.0 Å². The number of hydrogen-bond acceptors (Lipinski definition) is 3. The van der Waals surface area contributed by atoms with Gasteiger partial charge in [-0.2, -0.15) is 4.31 Å². The fraction of sp³-hybridized carbons (Fsp3) is 0.455. The molecule has 1 rings (SSSR count). The number of aliphatic hydroxyl groups is 1. The molecule has 6 heteroatoms. The van der Waals surface area contributed by atoms with Crippen molar-refractivity contribution in [2.45, 2.75) is 24.8 Å². The van der Waals surface area contributed by atoms with Crippen LogP contribution in [0.5, 0.6) is 0 Å². The van der Waals surface area contributed by atoms with E-state index in [0.717, 1.165) is 9.87 Å². The number of likely N-dealkylation sites (N-methyl/N-ethyl adjacent to an activating group) is 1. The minimum atomic E-state index is -3.64. The van der Waals surface area contributed by atoms with E-state index in [9.17, 15) is 13.5 Å². The lowest BCUT2D eigenvalue weighted by Gasteiger charge is -2.19. The standard InChI is InChI=1S/C11H16ClNO3S/c1-8-4-5-11(10(12)6-8)17(15,16)13(3)7-9(2)14/h4-6,9,14H,7H2,1-3H3. The van der Waals surface area contributed by atoms with Crippen LogP contribution in [0.2, 0.25) is 5.02 Å². The summed E-state index contributed by atoms with van der Waals surface area (Å²) in [4.78, 5) is 0.0629. The highest BCUT2D eigenvalue weighted by Gasteiger charge is 2.24. The summed E-state index contributed by atoms with van der Waals surface area (Å²) in [5.41, 5.74) is 0.895. The summed E-state index contributed by atoms with van der Waals surface area (Å²) >= 11 is 5.93. The first-order valence-corrected chi connectivity index (χ1v) is 6.97. The number of nitrogens with zero attached hydrogens (tertiary/aromatic N) is 1. The fourth-order valence-corrected chi connectivity index (χ4v) is 3.27. The van der Waals surface area contributed by atoms with E-state index >= 15 is 0 Å². The third-order valence-corrected chi connectivity index (χ3v) is 4.60. The number of hydrogen-bond donors (Lipinski definition) is 1. The Hall–Kier alpha value is -0.620. The number of aryl methyl sites for hydroxylation is 1. The average Bonchev–Trinajstić information content (AvgIpc) is 2.15. The largest absolute Gasteiger partial charge is 0.392 e. The van der Waals surface area contributed by atoms with Gasteiger partial charge < -0.3 is 5.11 Å². The molecule has 0 saturated heterocycles. The van der Waals surface area contributed by atoms with Gasteiger partial charge in [0.2, 0.25) is 10.0 Å². The number of benzene rings is 1. The maximum absolute atomic E-state index is 12.1. The van der Waals surface area contributed by atoms with Crippen molar-refractivity contribution in [2.24, 2.45) is 0 Å². The molecule has 0 aromatic heterocycles. The summed E-state index contributed by atoms with van der Waals surface area (Å²) in [5, 5.41) is 9.40. The molecule has 0 spiro atoms. The lowest BCUT2D eigenvalue weighted by atomic mass is 10.2. The molecule has 0 aliphatic heterocycles. The highest BCUT2D eigenvalue weighted by atomic mass is 35.5. The number of rotatable bonds is 4. The number of sulfonamides is 1. The van der Waals surface area contributed by atoms with Gasteiger partial charge in [-0.25, -0.2) is 8.42 Å². The maximum atomic E-state index is 12.1. The van der Waals surface area contributed by atoms with Gasteiger partial charge in [0, 0.05) is 13.6 Å². The van der Waals surface area contributed by atoms with Crippen LogP contribution >= 0.6 is 11.6 Å². The Morgan fingerprint density at radius 1 is 1.47 bits per heavy atom. The second-order valence-electron chi connectivity index (χ2n) is 4.07. The van der Waals surface area contributed by atoms with Crippen molar-refractivity contribution >= 4 is 21.6 Å². The van der Waals surface area contributed by atoms with Crippen LogP contribution in [0.1, 0.15) is 12.5 Å². The Morgan fingerprint density at radius 2 is 2.06 bits per heavy atom. The number of halogens is 1. The zero-order chi connectivity index (χ0) is 13.2. The highest BCUT2D eigenvalue weighted by Crippen LogP contribution is 2.24. The molecule has 0 aliphatic rings. The van der Waals surface area contributed by atoms with Crippen LogP contribution in [0.25, 0.3) is 0 Å². The van der Waals surface area contributed by atoms with E-state index in [-0.39, 0.29) is 16.5 Å². The van der Waals surface area contributed by atoms with Gasteiger partial charge in [0.1, 0.15) is 4.90 Å². The van der Waals surface area contributed by atoms with E-state index in [1.54, 1.807) is 12.1 Å². The van der Waals surface area contributed by atoms with Crippen molar-refractivity contribution in [3.8, 4) is 0 Å². The third-order valence-electron chi connectivity index (χ3n) is 2.30. The summed E-state index contributed by atoms with van der Waals surface area (Å²) in [6.45, 7) is 3.40. The Labute approximate surface area is 107 Å². The van der Waals surface area contributed by atoms with Crippen molar-refractivity contribution < 1.29 is 13.5 Å². The van der Waals surface area contributed by atoms with E-state index in [4.69, 9.17) is 11.6 Å². The van der Waals surface area contributed by atoms with E-state index in [0.29, 0.717) is 0 Å². The first-order chi connectivity index (χ1) is 7.75. The summed E-state index contributed by atoms with van der Waals surface area (Å²) in [6.07, 6.45) is -0.723. The molecule has 17 heavy (non-hydrogen) atoms. The molecule has 0 aliphatic carbocycles.